The van der Waals surface area contributed by atoms with Crippen molar-refractivity contribution in [3.63, 3.8) is 0 Å². The third kappa shape index (κ3) is 4.67. The summed E-state index contributed by atoms with van der Waals surface area (Å²) in [5.41, 5.74) is 9.59. The zero-order chi connectivity index (χ0) is 22.8. The van der Waals surface area contributed by atoms with Gasteiger partial charge in [0.2, 0.25) is 5.16 Å². The van der Waals surface area contributed by atoms with Crippen LogP contribution in [0.15, 0.2) is 64.9 Å². The van der Waals surface area contributed by atoms with Gasteiger partial charge in [0.05, 0.1) is 19.8 Å². The highest BCUT2D eigenvalue weighted by Crippen LogP contribution is 2.36. The summed E-state index contributed by atoms with van der Waals surface area (Å²) >= 11 is 1.55. The quantitative estimate of drug-likeness (QED) is 0.548. The van der Waals surface area contributed by atoms with Gasteiger partial charge in [0.15, 0.2) is 11.3 Å². The molecular formula is C24H28N6O2S. The van der Waals surface area contributed by atoms with Crippen LogP contribution in [0.2, 0.25) is 0 Å². The van der Waals surface area contributed by atoms with Gasteiger partial charge in [0.1, 0.15) is 11.5 Å². The summed E-state index contributed by atoms with van der Waals surface area (Å²) in [5, 5.41) is 14.7. The molecule has 0 spiro atoms. The van der Waals surface area contributed by atoms with Crippen LogP contribution in [-0.4, -0.2) is 39.7 Å². The van der Waals surface area contributed by atoms with E-state index in [-0.39, 0.29) is 17.5 Å². The number of methoxy groups -OCH3 is 1. The number of hydrogen-bond acceptors (Lipinski definition) is 8. The highest BCUT2D eigenvalue weighted by Gasteiger charge is 2.35. The molecule has 3 unspecified atom stereocenters. The number of nitrogens with zero attached hydrogens (tertiary/aromatic N) is 4. The minimum Gasteiger partial charge on any atom is -0.497 e. The normalized spacial score (nSPS) is 22.3. The number of hydrogen-bond donors (Lipinski definition) is 2. The number of rotatable bonds is 7. The Morgan fingerprint density at radius 3 is 2.52 bits per heavy atom. The molecule has 0 saturated carbocycles. The second-order valence-corrected chi connectivity index (χ2v) is 9.61. The first kappa shape index (κ1) is 22.1. The first-order valence-corrected chi connectivity index (χ1v) is 12.0. The van der Waals surface area contributed by atoms with Crippen LogP contribution in [0, 0.1) is 5.92 Å². The number of benzene rings is 2. The highest BCUT2D eigenvalue weighted by atomic mass is 32.2. The van der Waals surface area contributed by atoms with E-state index in [9.17, 15) is 0 Å². The minimum absolute atomic E-state index is 0.00828. The third-order valence-corrected chi connectivity index (χ3v) is 6.70. The summed E-state index contributed by atoms with van der Waals surface area (Å²) in [7, 11) is 1.67. The lowest BCUT2D eigenvalue weighted by atomic mass is 10.0. The van der Waals surface area contributed by atoms with Crippen molar-refractivity contribution in [3.8, 4) is 5.75 Å². The van der Waals surface area contributed by atoms with E-state index in [2.05, 4.69) is 59.2 Å². The predicted molar refractivity (Wildman–Crippen MR) is 128 cm³/mol. The molecule has 9 heteroatoms. The van der Waals surface area contributed by atoms with Crippen molar-refractivity contribution in [2.75, 3.05) is 13.7 Å². The largest absolute Gasteiger partial charge is 0.497 e. The summed E-state index contributed by atoms with van der Waals surface area (Å²) in [6.07, 6.45) is 0.855. The van der Waals surface area contributed by atoms with Gasteiger partial charge >= 0.3 is 0 Å². The molecule has 0 aliphatic carbocycles. The molecule has 3 atom stereocenters. The molecule has 1 fully saturated rings. The van der Waals surface area contributed by atoms with Crippen molar-refractivity contribution < 1.29 is 9.47 Å². The fourth-order valence-corrected chi connectivity index (χ4v) is 4.90. The van der Waals surface area contributed by atoms with Crippen LogP contribution in [0.1, 0.15) is 49.3 Å². The molecule has 5 rings (SSSR count). The zero-order valence-corrected chi connectivity index (χ0v) is 19.7. The average Bonchev–Trinajstić information content (AvgIpc) is 3.49. The van der Waals surface area contributed by atoms with Crippen molar-refractivity contribution in [3.05, 3.63) is 71.5 Å². The summed E-state index contributed by atoms with van der Waals surface area (Å²) in [4.78, 5) is 0. The van der Waals surface area contributed by atoms with Crippen molar-refractivity contribution in [2.45, 2.75) is 42.9 Å². The van der Waals surface area contributed by atoms with Crippen LogP contribution in [0.25, 0.3) is 0 Å². The Labute approximate surface area is 197 Å². The van der Waals surface area contributed by atoms with E-state index in [0.29, 0.717) is 12.5 Å². The molecule has 0 bridgehead atoms. The molecule has 172 valence electrons. The van der Waals surface area contributed by atoms with Gasteiger partial charge in [-0.25, -0.2) is 10.9 Å². The van der Waals surface area contributed by atoms with Crippen LogP contribution in [-0.2, 0) is 4.74 Å². The van der Waals surface area contributed by atoms with Gasteiger partial charge in [-0.05, 0) is 53.9 Å². The molecule has 2 N–H and O–H groups in total. The summed E-state index contributed by atoms with van der Waals surface area (Å²) in [6, 6.07) is 18.5. The topological polar surface area (TPSA) is 85.6 Å². The maximum absolute atomic E-state index is 6.23. The van der Waals surface area contributed by atoms with Crippen molar-refractivity contribution in [1.29, 1.82) is 0 Å². The minimum atomic E-state index is -0.253. The summed E-state index contributed by atoms with van der Waals surface area (Å²) < 4.78 is 13.4. The van der Waals surface area contributed by atoms with E-state index in [1.807, 2.05) is 35.0 Å². The number of thioether (sulfide) groups is 1. The van der Waals surface area contributed by atoms with Crippen molar-refractivity contribution in [1.82, 2.24) is 25.7 Å². The van der Waals surface area contributed by atoms with Crippen LogP contribution >= 0.6 is 11.8 Å². The molecule has 8 nitrogen and oxygen atoms in total. The summed E-state index contributed by atoms with van der Waals surface area (Å²) in [6.45, 7) is 4.92. The Bertz CT molecular complexity index is 1120. The zero-order valence-electron chi connectivity index (χ0n) is 18.9. The van der Waals surface area contributed by atoms with Crippen LogP contribution in [0.3, 0.4) is 0 Å². The molecule has 33 heavy (non-hydrogen) atoms. The van der Waals surface area contributed by atoms with E-state index < -0.39 is 0 Å². The lowest BCUT2D eigenvalue weighted by Crippen LogP contribution is -2.30. The number of nitrogens with one attached hydrogen (secondary N) is 2. The Kier molecular flexibility index (Phi) is 6.45. The number of fused-ring (bicyclic) bond motifs is 1. The molecule has 1 aromatic heterocycles. The molecule has 0 radical (unpaired) electrons. The fourth-order valence-electron chi connectivity index (χ4n) is 3.95. The molecule has 0 amide bonds. The molecule has 1 saturated heterocycles. The number of ether oxygens (including phenoxy) is 2. The Morgan fingerprint density at radius 1 is 1.03 bits per heavy atom. The lowest BCUT2D eigenvalue weighted by Gasteiger charge is -2.24. The first-order chi connectivity index (χ1) is 16.1. The maximum atomic E-state index is 6.23. The Hall–Kier alpha value is -2.72. The SMILES string of the molecule is COc1ccc(C2=Nn3c(nnc3C3CC(c4ccccc4)NN3)SC2OCC(C)C)cc1. The Morgan fingerprint density at radius 2 is 1.79 bits per heavy atom. The van der Waals surface area contributed by atoms with E-state index in [0.717, 1.165) is 34.4 Å². The molecular weight excluding hydrogens is 436 g/mol. The maximum Gasteiger partial charge on any atom is 0.215 e. The smallest absolute Gasteiger partial charge is 0.215 e. The molecule has 2 aliphatic heterocycles. The predicted octanol–water partition coefficient (Wildman–Crippen LogP) is 3.92. The van der Waals surface area contributed by atoms with Gasteiger partial charge in [0.25, 0.3) is 0 Å². The van der Waals surface area contributed by atoms with Gasteiger partial charge in [-0.15, -0.1) is 10.2 Å². The highest BCUT2D eigenvalue weighted by molar-refractivity contribution is 8.00. The van der Waals surface area contributed by atoms with Crippen molar-refractivity contribution in [2.24, 2.45) is 11.0 Å². The lowest BCUT2D eigenvalue weighted by molar-refractivity contribution is 0.123. The molecule has 2 aromatic carbocycles. The van der Waals surface area contributed by atoms with Gasteiger partial charge in [0, 0.05) is 11.6 Å². The van der Waals surface area contributed by atoms with E-state index in [1.165, 1.54) is 5.56 Å². The standard InChI is InChI=1S/C24H28N6O2S/c1-15(2)14-32-23-21(17-9-11-18(31-3)12-10-17)29-30-22(27-28-24(30)33-23)20-13-19(25-26-20)16-7-5-4-6-8-16/h4-12,15,19-20,23,25-26H,13-14H2,1-3H3. The van der Waals surface area contributed by atoms with Crippen LogP contribution in [0.4, 0.5) is 0 Å². The van der Waals surface area contributed by atoms with Crippen LogP contribution < -0.4 is 15.6 Å². The van der Waals surface area contributed by atoms with E-state index in [1.54, 1.807) is 18.9 Å². The Balaban J connectivity index is 1.44. The molecule has 3 heterocycles. The van der Waals surface area contributed by atoms with E-state index >= 15 is 0 Å². The van der Waals surface area contributed by atoms with Gasteiger partial charge in [-0.1, -0.05) is 44.2 Å². The monoisotopic (exact) mass is 464 g/mol. The second-order valence-electron chi connectivity index (χ2n) is 8.58. The third-order valence-electron chi connectivity index (χ3n) is 5.66. The first-order valence-electron chi connectivity index (χ1n) is 11.1. The van der Waals surface area contributed by atoms with E-state index in [4.69, 9.17) is 14.6 Å². The molecule has 2 aliphatic rings. The molecule has 3 aromatic rings. The second kappa shape index (κ2) is 9.64. The average molecular weight is 465 g/mol. The fraction of sp³-hybridized carbons (Fsp3) is 0.375. The summed E-state index contributed by atoms with van der Waals surface area (Å²) in [5.74, 6) is 2.01. The number of aromatic nitrogens is 3. The van der Waals surface area contributed by atoms with Gasteiger partial charge < -0.3 is 9.47 Å². The number of hydrazine groups is 1. The van der Waals surface area contributed by atoms with Crippen LogP contribution in [0.5, 0.6) is 5.75 Å². The van der Waals surface area contributed by atoms with Gasteiger partial charge in [-0.2, -0.15) is 9.78 Å². The van der Waals surface area contributed by atoms with Crippen molar-refractivity contribution >= 4 is 17.5 Å². The van der Waals surface area contributed by atoms with Gasteiger partial charge in [-0.3, -0.25) is 0 Å².